The third-order valence-electron chi connectivity index (χ3n) is 3.70. The van der Waals surface area contributed by atoms with Crippen molar-refractivity contribution in [2.24, 2.45) is 0 Å². The van der Waals surface area contributed by atoms with Crippen LogP contribution < -0.4 is 5.32 Å². The van der Waals surface area contributed by atoms with Crippen molar-refractivity contribution >= 4 is 46.1 Å². The number of benzene rings is 1. The molecule has 0 aliphatic rings. The number of anilines is 1. The largest absolute Gasteiger partial charge is 0.344 e. The second kappa shape index (κ2) is 6.74. The number of aromatic nitrogens is 4. The van der Waals surface area contributed by atoms with Gasteiger partial charge < -0.3 is 10.3 Å². The fourth-order valence-electron chi connectivity index (χ4n) is 2.54. The molecule has 0 atom stereocenters. The van der Waals surface area contributed by atoms with Gasteiger partial charge in [-0.25, -0.2) is 15.0 Å². The van der Waals surface area contributed by atoms with Crippen LogP contribution in [0.15, 0.2) is 54.9 Å². The quantitative estimate of drug-likeness (QED) is 0.542. The number of hydrogen-bond donors (Lipinski definition) is 2. The van der Waals surface area contributed by atoms with Gasteiger partial charge in [0.1, 0.15) is 16.5 Å². The normalized spacial score (nSPS) is 10.8. The Morgan fingerprint density at radius 2 is 1.92 bits per heavy atom. The fourth-order valence-corrected chi connectivity index (χ4v) is 2.86. The molecule has 0 spiro atoms. The number of amides is 1. The van der Waals surface area contributed by atoms with Crippen LogP contribution >= 0.6 is 23.2 Å². The number of fused-ring (bicyclic) bond motifs is 1. The summed E-state index contributed by atoms with van der Waals surface area (Å²) in [7, 11) is 0. The lowest BCUT2D eigenvalue weighted by atomic mass is 10.2. The van der Waals surface area contributed by atoms with Crippen LogP contribution in [0.25, 0.3) is 22.4 Å². The van der Waals surface area contributed by atoms with Crippen molar-refractivity contribution < 1.29 is 4.79 Å². The van der Waals surface area contributed by atoms with E-state index in [0.717, 1.165) is 5.56 Å². The first-order valence-corrected chi connectivity index (χ1v) is 8.40. The van der Waals surface area contributed by atoms with Gasteiger partial charge in [0.25, 0.3) is 5.91 Å². The van der Waals surface area contributed by atoms with Gasteiger partial charge in [-0.15, -0.1) is 0 Å². The summed E-state index contributed by atoms with van der Waals surface area (Å²) in [6, 6.07) is 12.0. The van der Waals surface area contributed by atoms with Crippen molar-refractivity contribution in [3.63, 3.8) is 0 Å². The maximum Gasteiger partial charge on any atom is 0.256 e. The standard InChI is InChI=1S/C18H11Cl2N5O/c19-11-4-1-3-10(7-11)18(26)25-15-6-2-5-13(23-15)12-8-21-17-16(12)24-14(20)9-22-17/h1-9H,(H,21,22)(H,23,25,26). The Hall–Kier alpha value is -2.96. The number of H-pyrrole nitrogens is 1. The number of carbonyl (C=O) groups is 1. The van der Waals surface area contributed by atoms with E-state index in [1.807, 2.05) is 6.07 Å². The van der Waals surface area contributed by atoms with Crippen molar-refractivity contribution in [2.75, 3.05) is 5.32 Å². The smallest absolute Gasteiger partial charge is 0.256 e. The monoisotopic (exact) mass is 383 g/mol. The molecule has 4 aromatic rings. The van der Waals surface area contributed by atoms with E-state index in [1.54, 1.807) is 42.6 Å². The fraction of sp³-hybridized carbons (Fsp3) is 0. The van der Waals surface area contributed by atoms with Gasteiger partial charge in [-0.1, -0.05) is 35.3 Å². The molecular formula is C18H11Cl2N5O. The zero-order valence-electron chi connectivity index (χ0n) is 13.2. The van der Waals surface area contributed by atoms with Gasteiger partial charge in [-0.05, 0) is 30.3 Å². The molecule has 0 aliphatic heterocycles. The molecule has 1 amide bonds. The van der Waals surface area contributed by atoms with Crippen LogP contribution in [0.1, 0.15) is 10.4 Å². The van der Waals surface area contributed by atoms with Crippen LogP contribution in [-0.4, -0.2) is 25.8 Å². The van der Waals surface area contributed by atoms with Crippen LogP contribution in [0.2, 0.25) is 10.2 Å². The van der Waals surface area contributed by atoms with Crippen molar-refractivity contribution in [3.05, 3.63) is 70.6 Å². The average Bonchev–Trinajstić information content (AvgIpc) is 3.05. The summed E-state index contributed by atoms with van der Waals surface area (Å²) in [4.78, 5) is 28.4. The molecule has 0 fully saturated rings. The second-order valence-corrected chi connectivity index (χ2v) is 6.29. The Labute approximate surface area is 158 Å². The Morgan fingerprint density at radius 1 is 1.08 bits per heavy atom. The van der Waals surface area contributed by atoms with E-state index < -0.39 is 0 Å². The van der Waals surface area contributed by atoms with Gasteiger partial charge in [-0.3, -0.25) is 4.79 Å². The van der Waals surface area contributed by atoms with Crippen LogP contribution in [-0.2, 0) is 0 Å². The predicted molar refractivity (Wildman–Crippen MR) is 102 cm³/mol. The topological polar surface area (TPSA) is 83.6 Å². The molecule has 128 valence electrons. The molecule has 26 heavy (non-hydrogen) atoms. The minimum atomic E-state index is -0.293. The van der Waals surface area contributed by atoms with Crippen molar-refractivity contribution in [1.29, 1.82) is 0 Å². The van der Waals surface area contributed by atoms with Crippen LogP contribution in [0.5, 0.6) is 0 Å². The molecule has 8 heteroatoms. The maximum absolute atomic E-state index is 12.4. The molecule has 6 nitrogen and oxygen atoms in total. The number of nitrogens with zero attached hydrogens (tertiary/aromatic N) is 3. The van der Waals surface area contributed by atoms with Crippen molar-refractivity contribution in [3.8, 4) is 11.3 Å². The lowest BCUT2D eigenvalue weighted by Gasteiger charge is -2.06. The summed E-state index contributed by atoms with van der Waals surface area (Å²) >= 11 is 11.9. The van der Waals surface area contributed by atoms with Crippen LogP contribution in [0.4, 0.5) is 5.82 Å². The molecule has 4 rings (SSSR count). The molecule has 0 aliphatic carbocycles. The molecule has 0 saturated carbocycles. The number of hydrogen-bond acceptors (Lipinski definition) is 4. The van der Waals surface area contributed by atoms with Gasteiger partial charge in [0.2, 0.25) is 0 Å². The summed E-state index contributed by atoms with van der Waals surface area (Å²) in [5.41, 5.74) is 3.06. The van der Waals surface area contributed by atoms with Crippen LogP contribution in [0, 0.1) is 0 Å². The number of rotatable bonds is 3. The number of nitrogens with one attached hydrogen (secondary N) is 2. The Balaban J connectivity index is 1.66. The Kier molecular flexibility index (Phi) is 4.28. The maximum atomic E-state index is 12.4. The summed E-state index contributed by atoms with van der Waals surface area (Å²) in [5, 5.41) is 3.56. The Morgan fingerprint density at radius 3 is 2.77 bits per heavy atom. The van der Waals surface area contributed by atoms with Crippen molar-refractivity contribution in [2.45, 2.75) is 0 Å². The first-order chi connectivity index (χ1) is 12.6. The molecule has 3 aromatic heterocycles. The first kappa shape index (κ1) is 16.5. The molecule has 3 heterocycles. The predicted octanol–water partition coefficient (Wildman–Crippen LogP) is 4.58. The summed E-state index contributed by atoms with van der Waals surface area (Å²) < 4.78 is 0. The first-order valence-electron chi connectivity index (χ1n) is 7.64. The SMILES string of the molecule is O=C(Nc1cccc(-c2c[nH]c3ncc(Cl)nc23)n1)c1cccc(Cl)c1. The van der Waals surface area contributed by atoms with Gasteiger partial charge in [0.05, 0.1) is 11.9 Å². The van der Waals surface area contributed by atoms with Gasteiger partial charge in [0.15, 0.2) is 5.65 Å². The lowest BCUT2D eigenvalue weighted by molar-refractivity contribution is 0.102. The number of aromatic amines is 1. The molecule has 2 N–H and O–H groups in total. The molecule has 0 bridgehead atoms. The highest BCUT2D eigenvalue weighted by Gasteiger charge is 2.12. The zero-order valence-corrected chi connectivity index (χ0v) is 14.7. The second-order valence-electron chi connectivity index (χ2n) is 5.46. The molecule has 0 radical (unpaired) electrons. The highest BCUT2D eigenvalue weighted by molar-refractivity contribution is 6.31. The van der Waals surface area contributed by atoms with E-state index >= 15 is 0 Å². The number of carbonyl (C=O) groups excluding carboxylic acids is 1. The van der Waals surface area contributed by atoms with Gasteiger partial charge in [-0.2, -0.15) is 0 Å². The summed E-state index contributed by atoms with van der Waals surface area (Å²) in [6.45, 7) is 0. The third-order valence-corrected chi connectivity index (χ3v) is 4.12. The highest BCUT2D eigenvalue weighted by Crippen LogP contribution is 2.26. The number of pyridine rings is 1. The van der Waals surface area contributed by atoms with E-state index in [2.05, 4.69) is 25.3 Å². The van der Waals surface area contributed by atoms with Crippen LogP contribution in [0.3, 0.4) is 0 Å². The zero-order chi connectivity index (χ0) is 18.1. The summed E-state index contributed by atoms with van der Waals surface area (Å²) in [6.07, 6.45) is 3.23. The van der Waals surface area contributed by atoms with E-state index in [9.17, 15) is 4.79 Å². The van der Waals surface area contributed by atoms with E-state index in [0.29, 0.717) is 38.4 Å². The summed E-state index contributed by atoms with van der Waals surface area (Å²) in [5.74, 6) is 0.121. The minimum absolute atomic E-state index is 0.293. The van der Waals surface area contributed by atoms with E-state index in [4.69, 9.17) is 23.2 Å². The van der Waals surface area contributed by atoms with Crippen molar-refractivity contribution in [1.82, 2.24) is 19.9 Å². The minimum Gasteiger partial charge on any atom is -0.344 e. The Bertz CT molecular complexity index is 1130. The molecular weight excluding hydrogens is 373 g/mol. The molecule has 0 unspecified atom stereocenters. The van der Waals surface area contributed by atoms with Gasteiger partial charge >= 0.3 is 0 Å². The highest BCUT2D eigenvalue weighted by atomic mass is 35.5. The lowest BCUT2D eigenvalue weighted by Crippen LogP contribution is -2.12. The van der Waals surface area contributed by atoms with E-state index in [-0.39, 0.29) is 5.91 Å². The van der Waals surface area contributed by atoms with E-state index in [1.165, 1.54) is 6.20 Å². The van der Waals surface area contributed by atoms with Gasteiger partial charge in [0, 0.05) is 22.3 Å². The third kappa shape index (κ3) is 3.24. The average molecular weight is 384 g/mol. The molecule has 0 saturated heterocycles. The molecule has 1 aromatic carbocycles. The number of halogens is 2.